The average molecular weight is 433 g/mol. The van der Waals surface area contributed by atoms with E-state index >= 15 is 0 Å². The lowest BCUT2D eigenvalue weighted by Crippen LogP contribution is -2.25. The summed E-state index contributed by atoms with van der Waals surface area (Å²) in [6.45, 7) is -0.0312. The van der Waals surface area contributed by atoms with Gasteiger partial charge in [0.1, 0.15) is 12.4 Å². The van der Waals surface area contributed by atoms with Crippen LogP contribution in [0.15, 0.2) is 66.7 Å². The molecule has 156 valence electrons. The molecular formula is C22H18F3NO3S. The Morgan fingerprint density at radius 3 is 2.33 bits per heavy atom. The number of alkyl halides is 3. The smallest absolute Gasteiger partial charge is 0.416 e. The van der Waals surface area contributed by atoms with Gasteiger partial charge in [0.25, 0.3) is 0 Å². The highest BCUT2D eigenvalue weighted by Gasteiger charge is 2.30. The Labute approximate surface area is 172 Å². The van der Waals surface area contributed by atoms with Crippen molar-refractivity contribution in [3.05, 3.63) is 77.9 Å². The minimum absolute atomic E-state index is 0.0919. The molecule has 0 saturated carbocycles. The summed E-state index contributed by atoms with van der Waals surface area (Å²) in [7, 11) is -3.73. The van der Waals surface area contributed by atoms with Crippen molar-refractivity contribution >= 4 is 20.8 Å². The van der Waals surface area contributed by atoms with Crippen LogP contribution in [0, 0.1) is 11.8 Å². The van der Waals surface area contributed by atoms with Gasteiger partial charge in [0, 0.05) is 5.39 Å². The maximum atomic E-state index is 12.6. The molecule has 0 amide bonds. The predicted octanol–water partition coefficient (Wildman–Crippen LogP) is 4.36. The average Bonchev–Trinajstić information content (AvgIpc) is 2.70. The zero-order chi connectivity index (χ0) is 21.6. The van der Waals surface area contributed by atoms with E-state index in [1.165, 1.54) is 0 Å². The van der Waals surface area contributed by atoms with E-state index < -0.39 is 27.5 Å². The SMILES string of the molecule is O=S(=O)(Cc1ccc(C(F)(F)F)cc1)NCC#CCOc1cccc2ccccc12. The van der Waals surface area contributed by atoms with Gasteiger partial charge in [-0.3, -0.25) is 0 Å². The minimum atomic E-state index is -4.46. The van der Waals surface area contributed by atoms with Gasteiger partial charge in [0.05, 0.1) is 17.9 Å². The second-order valence-corrected chi connectivity index (χ2v) is 8.20. The van der Waals surface area contributed by atoms with E-state index in [1.807, 2.05) is 42.5 Å². The van der Waals surface area contributed by atoms with E-state index in [4.69, 9.17) is 4.74 Å². The molecule has 0 fully saturated rings. The zero-order valence-electron chi connectivity index (χ0n) is 15.7. The first-order valence-electron chi connectivity index (χ1n) is 8.94. The van der Waals surface area contributed by atoms with E-state index in [0.29, 0.717) is 5.75 Å². The van der Waals surface area contributed by atoms with E-state index in [2.05, 4.69) is 16.6 Å². The van der Waals surface area contributed by atoms with E-state index in [9.17, 15) is 21.6 Å². The Bertz CT molecular complexity index is 1170. The van der Waals surface area contributed by atoms with Crippen molar-refractivity contribution in [2.45, 2.75) is 11.9 Å². The molecule has 0 aromatic heterocycles. The Morgan fingerprint density at radius 1 is 0.900 bits per heavy atom. The van der Waals surface area contributed by atoms with Gasteiger partial charge in [-0.15, -0.1) is 0 Å². The largest absolute Gasteiger partial charge is 0.480 e. The van der Waals surface area contributed by atoms with Gasteiger partial charge in [-0.05, 0) is 29.1 Å². The molecule has 3 rings (SSSR count). The summed E-state index contributed by atoms with van der Waals surface area (Å²) in [4.78, 5) is 0. The van der Waals surface area contributed by atoms with Crippen LogP contribution in [-0.4, -0.2) is 21.6 Å². The Morgan fingerprint density at radius 2 is 1.60 bits per heavy atom. The fourth-order valence-electron chi connectivity index (χ4n) is 2.76. The highest BCUT2D eigenvalue weighted by atomic mass is 32.2. The lowest BCUT2D eigenvalue weighted by atomic mass is 10.1. The van der Waals surface area contributed by atoms with Gasteiger partial charge < -0.3 is 4.74 Å². The van der Waals surface area contributed by atoms with Gasteiger partial charge in [-0.2, -0.15) is 13.2 Å². The van der Waals surface area contributed by atoms with E-state index in [-0.39, 0.29) is 18.7 Å². The molecule has 1 N–H and O–H groups in total. The molecule has 3 aromatic rings. The maximum absolute atomic E-state index is 12.6. The van der Waals surface area contributed by atoms with Crippen LogP contribution in [-0.2, 0) is 22.0 Å². The first-order valence-corrected chi connectivity index (χ1v) is 10.6. The van der Waals surface area contributed by atoms with Crippen LogP contribution in [0.25, 0.3) is 10.8 Å². The standard InChI is InChI=1S/C22H18F3NO3S/c23-22(24,25)19-12-10-17(11-13-19)16-30(27,28)26-14-3-4-15-29-21-9-5-7-18-6-1-2-8-20(18)21/h1-2,5-13,26H,14-16H2. The third kappa shape index (κ3) is 5.99. The topological polar surface area (TPSA) is 55.4 Å². The molecule has 0 bridgehead atoms. The third-order valence-electron chi connectivity index (χ3n) is 4.19. The number of ether oxygens (including phenoxy) is 1. The predicted molar refractivity (Wildman–Crippen MR) is 109 cm³/mol. The van der Waals surface area contributed by atoms with Crippen LogP contribution in [0.2, 0.25) is 0 Å². The summed E-state index contributed by atoms with van der Waals surface area (Å²) >= 11 is 0. The molecular weight excluding hydrogens is 415 g/mol. The van der Waals surface area contributed by atoms with Crippen molar-refractivity contribution in [2.75, 3.05) is 13.2 Å². The molecule has 0 saturated heterocycles. The molecule has 0 aliphatic carbocycles. The second-order valence-electron chi connectivity index (χ2n) is 6.39. The van der Waals surface area contributed by atoms with Gasteiger partial charge in [0.2, 0.25) is 10.0 Å². The van der Waals surface area contributed by atoms with Crippen LogP contribution in [0.1, 0.15) is 11.1 Å². The lowest BCUT2D eigenvalue weighted by molar-refractivity contribution is -0.137. The normalized spacial score (nSPS) is 11.7. The van der Waals surface area contributed by atoms with Gasteiger partial charge >= 0.3 is 6.18 Å². The quantitative estimate of drug-likeness (QED) is 0.588. The first-order chi connectivity index (χ1) is 14.2. The van der Waals surface area contributed by atoms with E-state index in [0.717, 1.165) is 35.0 Å². The summed E-state index contributed by atoms with van der Waals surface area (Å²) < 4.78 is 69.7. The number of benzene rings is 3. The third-order valence-corrected chi connectivity index (χ3v) is 5.49. The molecule has 0 spiro atoms. The van der Waals surface area contributed by atoms with Crippen molar-refractivity contribution in [1.82, 2.24) is 4.72 Å². The summed E-state index contributed by atoms with van der Waals surface area (Å²) in [5.74, 6) is 5.65. The summed E-state index contributed by atoms with van der Waals surface area (Å²) in [5.41, 5.74) is -0.573. The monoisotopic (exact) mass is 433 g/mol. The molecule has 30 heavy (non-hydrogen) atoms. The molecule has 3 aromatic carbocycles. The molecule has 0 radical (unpaired) electrons. The van der Waals surface area contributed by atoms with Crippen molar-refractivity contribution < 1.29 is 26.3 Å². The molecule has 0 aliphatic heterocycles. The number of hydrogen-bond donors (Lipinski definition) is 1. The number of fused-ring (bicyclic) bond motifs is 1. The van der Waals surface area contributed by atoms with E-state index in [1.54, 1.807) is 0 Å². The molecule has 0 unspecified atom stereocenters. The molecule has 0 atom stereocenters. The number of nitrogens with one attached hydrogen (secondary N) is 1. The first kappa shape index (κ1) is 21.7. The van der Waals surface area contributed by atoms with Crippen LogP contribution in [0.5, 0.6) is 5.75 Å². The Kier molecular flexibility index (Phi) is 6.65. The highest BCUT2D eigenvalue weighted by molar-refractivity contribution is 7.88. The van der Waals surface area contributed by atoms with Crippen LogP contribution in [0.4, 0.5) is 13.2 Å². The molecule has 4 nitrogen and oxygen atoms in total. The van der Waals surface area contributed by atoms with Crippen molar-refractivity contribution in [1.29, 1.82) is 0 Å². The number of halogens is 3. The highest BCUT2D eigenvalue weighted by Crippen LogP contribution is 2.29. The zero-order valence-corrected chi connectivity index (χ0v) is 16.6. The van der Waals surface area contributed by atoms with Crippen molar-refractivity contribution in [3.63, 3.8) is 0 Å². The van der Waals surface area contributed by atoms with Crippen molar-refractivity contribution in [3.8, 4) is 17.6 Å². The fraction of sp³-hybridized carbons (Fsp3) is 0.182. The van der Waals surface area contributed by atoms with Crippen LogP contribution >= 0.6 is 0 Å². The summed E-state index contributed by atoms with van der Waals surface area (Å²) in [5, 5.41) is 2.00. The minimum Gasteiger partial charge on any atom is -0.480 e. The fourth-order valence-corrected chi connectivity index (χ4v) is 3.78. The summed E-state index contributed by atoms with van der Waals surface area (Å²) in [6.07, 6.45) is -4.46. The number of hydrogen-bond acceptors (Lipinski definition) is 3. The van der Waals surface area contributed by atoms with Crippen LogP contribution < -0.4 is 9.46 Å². The Hall–Kier alpha value is -3.02. The van der Waals surface area contributed by atoms with Gasteiger partial charge in [-0.25, -0.2) is 13.1 Å². The maximum Gasteiger partial charge on any atom is 0.416 e. The van der Waals surface area contributed by atoms with Crippen LogP contribution in [0.3, 0.4) is 0 Å². The number of sulfonamides is 1. The molecule has 0 heterocycles. The van der Waals surface area contributed by atoms with Crippen molar-refractivity contribution in [2.24, 2.45) is 0 Å². The second kappa shape index (κ2) is 9.20. The molecule has 0 aliphatic rings. The van der Waals surface area contributed by atoms with Gasteiger partial charge in [0.15, 0.2) is 0 Å². The Balaban J connectivity index is 1.49. The summed E-state index contributed by atoms with van der Waals surface area (Å²) in [6, 6.07) is 17.4. The number of rotatable bonds is 6. The lowest BCUT2D eigenvalue weighted by Gasteiger charge is -2.08. The van der Waals surface area contributed by atoms with Gasteiger partial charge in [-0.1, -0.05) is 60.4 Å². The molecule has 8 heteroatoms.